The second kappa shape index (κ2) is 8.72. The third kappa shape index (κ3) is 4.29. The Morgan fingerprint density at radius 1 is 1.10 bits per heavy atom. The first-order valence-electron chi connectivity index (χ1n) is 9.02. The lowest BCUT2D eigenvalue weighted by Crippen LogP contribution is -2.21. The number of carbonyl (C=O) groups is 2. The number of hydrogen-bond donors (Lipinski definition) is 2. The summed E-state index contributed by atoms with van der Waals surface area (Å²) in [6.07, 6.45) is 2.83. The quantitative estimate of drug-likeness (QED) is 0.614. The highest BCUT2D eigenvalue weighted by Crippen LogP contribution is 2.24. The third-order valence-corrected chi connectivity index (χ3v) is 4.43. The van der Waals surface area contributed by atoms with Crippen LogP contribution in [0.25, 0.3) is 0 Å². The van der Waals surface area contributed by atoms with E-state index >= 15 is 0 Å². The number of nitrogens with one attached hydrogen (secondary N) is 2. The van der Waals surface area contributed by atoms with Crippen LogP contribution in [0.3, 0.4) is 0 Å². The van der Waals surface area contributed by atoms with Gasteiger partial charge in [0.1, 0.15) is 11.4 Å². The van der Waals surface area contributed by atoms with Crippen molar-refractivity contribution in [2.24, 2.45) is 7.05 Å². The van der Waals surface area contributed by atoms with Crippen molar-refractivity contribution in [1.82, 2.24) is 19.6 Å². The minimum absolute atomic E-state index is 0.100. The molecule has 2 amide bonds. The average molecular weight is 418 g/mol. The maximum atomic E-state index is 12.9. The van der Waals surface area contributed by atoms with Gasteiger partial charge >= 0.3 is 6.61 Å². The molecule has 1 aromatic carbocycles. The van der Waals surface area contributed by atoms with Gasteiger partial charge in [0.2, 0.25) is 0 Å². The monoisotopic (exact) mass is 418 g/mol. The van der Waals surface area contributed by atoms with Crippen molar-refractivity contribution < 1.29 is 23.1 Å². The maximum absolute atomic E-state index is 12.9. The normalized spacial score (nSPS) is 10.9. The Morgan fingerprint density at radius 3 is 2.40 bits per heavy atom. The van der Waals surface area contributed by atoms with Gasteiger partial charge in [0.15, 0.2) is 0 Å². The zero-order valence-corrected chi connectivity index (χ0v) is 16.5. The Bertz CT molecular complexity index is 1080. The van der Waals surface area contributed by atoms with E-state index in [-0.39, 0.29) is 22.7 Å². The highest BCUT2D eigenvalue weighted by molar-refractivity contribution is 6.12. The van der Waals surface area contributed by atoms with E-state index in [9.17, 15) is 18.4 Å². The van der Waals surface area contributed by atoms with Gasteiger partial charge in [0, 0.05) is 13.6 Å². The summed E-state index contributed by atoms with van der Waals surface area (Å²) in [6, 6.07) is 5.59. The molecule has 11 heteroatoms. The number of aromatic nitrogens is 4. The van der Waals surface area contributed by atoms with Gasteiger partial charge in [-0.05, 0) is 26.0 Å². The van der Waals surface area contributed by atoms with Crippen LogP contribution >= 0.6 is 0 Å². The average Bonchev–Trinajstić information content (AvgIpc) is 3.25. The number of nitrogens with zero attached hydrogens (tertiary/aromatic N) is 4. The largest absolute Gasteiger partial charge is 0.434 e. The van der Waals surface area contributed by atoms with E-state index in [1.165, 1.54) is 41.3 Å². The molecule has 2 N–H and O–H groups in total. The summed E-state index contributed by atoms with van der Waals surface area (Å²) >= 11 is 0. The lowest BCUT2D eigenvalue weighted by Gasteiger charge is -2.12. The number of benzene rings is 1. The number of ether oxygens (including phenoxy) is 1. The minimum Gasteiger partial charge on any atom is -0.434 e. The van der Waals surface area contributed by atoms with Crippen LogP contribution < -0.4 is 15.4 Å². The first-order valence-corrected chi connectivity index (χ1v) is 9.02. The molecule has 0 saturated heterocycles. The zero-order chi connectivity index (χ0) is 21.8. The fourth-order valence-electron chi connectivity index (χ4n) is 2.80. The number of hydrogen-bond acceptors (Lipinski definition) is 5. The van der Waals surface area contributed by atoms with Crippen LogP contribution in [0.2, 0.25) is 0 Å². The van der Waals surface area contributed by atoms with Gasteiger partial charge in [0.25, 0.3) is 11.8 Å². The van der Waals surface area contributed by atoms with Crippen LogP contribution in [-0.2, 0) is 13.6 Å². The van der Waals surface area contributed by atoms with E-state index in [2.05, 4.69) is 25.6 Å². The molecule has 0 radical (unpaired) electrons. The molecule has 9 nitrogen and oxygen atoms in total. The van der Waals surface area contributed by atoms with Crippen molar-refractivity contribution in [2.75, 3.05) is 10.6 Å². The molecule has 0 fully saturated rings. The summed E-state index contributed by atoms with van der Waals surface area (Å²) in [4.78, 5) is 25.6. The van der Waals surface area contributed by atoms with E-state index in [4.69, 9.17) is 0 Å². The molecule has 0 saturated carbocycles. The molecule has 0 aliphatic rings. The number of para-hydroxylation sites is 1. The number of amides is 2. The Labute approximate surface area is 170 Å². The molecule has 2 heterocycles. The van der Waals surface area contributed by atoms with E-state index in [0.29, 0.717) is 12.2 Å². The standard InChI is InChI=1S/C19H20F2N6O3/c1-4-27-16(18(29)24-13-9-22-26(3)11(13)2)14(10-23-27)25-17(28)12-7-5-6-8-15(12)30-19(20)21/h5-10,19H,4H2,1-3H3,(H,24,29)(H,25,28). The first kappa shape index (κ1) is 21.0. The Hall–Kier alpha value is -3.76. The van der Waals surface area contributed by atoms with Crippen molar-refractivity contribution in [3.63, 3.8) is 0 Å². The zero-order valence-electron chi connectivity index (χ0n) is 16.5. The molecular formula is C19H20F2N6O3. The van der Waals surface area contributed by atoms with E-state index in [1.807, 2.05) is 0 Å². The minimum atomic E-state index is -3.08. The summed E-state index contributed by atoms with van der Waals surface area (Å²) in [5.74, 6) is -1.49. The van der Waals surface area contributed by atoms with E-state index < -0.39 is 18.4 Å². The molecular weight excluding hydrogens is 398 g/mol. The predicted octanol–water partition coefficient (Wildman–Crippen LogP) is 3.05. The van der Waals surface area contributed by atoms with Crippen molar-refractivity contribution in [3.8, 4) is 5.75 Å². The Kier molecular flexibility index (Phi) is 6.09. The van der Waals surface area contributed by atoms with Gasteiger partial charge in [0.05, 0.1) is 35.0 Å². The van der Waals surface area contributed by atoms with Gasteiger partial charge in [-0.25, -0.2) is 0 Å². The molecule has 30 heavy (non-hydrogen) atoms. The molecule has 0 aliphatic carbocycles. The third-order valence-electron chi connectivity index (χ3n) is 4.43. The molecule has 0 atom stereocenters. The van der Waals surface area contributed by atoms with Gasteiger partial charge in [-0.1, -0.05) is 12.1 Å². The smallest absolute Gasteiger partial charge is 0.387 e. The summed E-state index contributed by atoms with van der Waals surface area (Å²) in [5.41, 5.74) is 1.40. The number of alkyl halides is 2. The predicted molar refractivity (Wildman–Crippen MR) is 105 cm³/mol. The van der Waals surface area contributed by atoms with Gasteiger partial charge in [-0.3, -0.25) is 19.0 Å². The van der Waals surface area contributed by atoms with Crippen molar-refractivity contribution in [3.05, 3.63) is 53.6 Å². The second-order valence-electron chi connectivity index (χ2n) is 6.27. The summed E-state index contributed by atoms with van der Waals surface area (Å²) in [7, 11) is 1.74. The van der Waals surface area contributed by atoms with E-state index in [1.54, 1.807) is 25.6 Å². The fraction of sp³-hybridized carbons (Fsp3) is 0.263. The SMILES string of the molecule is CCn1ncc(NC(=O)c2ccccc2OC(F)F)c1C(=O)Nc1cnn(C)c1C. The van der Waals surface area contributed by atoms with Crippen LogP contribution in [0.15, 0.2) is 36.7 Å². The fourth-order valence-corrected chi connectivity index (χ4v) is 2.80. The molecule has 0 unspecified atom stereocenters. The highest BCUT2D eigenvalue weighted by Gasteiger charge is 2.23. The molecule has 158 valence electrons. The second-order valence-corrected chi connectivity index (χ2v) is 6.27. The van der Waals surface area contributed by atoms with Crippen LogP contribution in [0.1, 0.15) is 33.5 Å². The van der Waals surface area contributed by atoms with Gasteiger partial charge in [-0.2, -0.15) is 19.0 Å². The number of rotatable bonds is 7. The Morgan fingerprint density at radius 2 is 1.77 bits per heavy atom. The number of carbonyl (C=O) groups excluding carboxylic acids is 2. The number of halogens is 2. The molecule has 3 aromatic rings. The van der Waals surface area contributed by atoms with Crippen LogP contribution in [0.5, 0.6) is 5.75 Å². The van der Waals surface area contributed by atoms with Gasteiger partial charge < -0.3 is 15.4 Å². The number of aryl methyl sites for hydroxylation is 2. The molecule has 0 aliphatic heterocycles. The summed E-state index contributed by atoms with van der Waals surface area (Å²) in [5, 5.41) is 13.5. The van der Waals surface area contributed by atoms with E-state index in [0.717, 1.165) is 5.69 Å². The first-order chi connectivity index (χ1) is 14.3. The summed E-state index contributed by atoms with van der Waals surface area (Å²) in [6.45, 7) is 0.875. The van der Waals surface area contributed by atoms with Gasteiger partial charge in [-0.15, -0.1) is 0 Å². The summed E-state index contributed by atoms with van der Waals surface area (Å²) < 4.78 is 32.7. The Balaban J connectivity index is 1.87. The van der Waals surface area contributed by atoms with Crippen LogP contribution in [0, 0.1) is 6.92 Å². The maximum Gasteiger partial charge on any atom is 0.387 e. The molecule has 2 aromatic heterocycles. The number of anilines is 2. The molecule has 0 bridgehead atoms. The lowest BCUT2D eigenvalue weighted by atomic mass is 10.2. The molecule has 3 rings (SSSR count). The van der Waals surface area contributed by atoms with Crippen molar-refractivity contribution >= 4 is 23.2 Å². The van der Waals surface area contributed by atoms with Crippen LogP contribution in [0.4, 0.5) is 20.2 Å². The highest BCUT2D eigenvalue weighted by atomic mass is 19.3. The lowest BCUT2D eigenvalue weighted by molar-refractivity contribution is -0.0501. The van der Waals surface area contributed by atoms with Crippen LogP contribution in [-0.4, -0.2) is 38.0 Å². The topological polar surface area (TPSA) is 103 Å². The van der Waals surface area contributed by atoms with Crippen molar-refractivity contribution in [2.45, 2.75) is 27.0 Å². The molecule has 0 spiro atoms. The van der Waals surface area contributed by atoms with Crippen molar-refractivity contribution in [1.29, 1.82) is 0 Å².